The van der Waals surface area contributed by atoms with Gasteiger partial charge in [-0.05, 0) is 66.9 Å². The van der Waals surface area contributed by atoms with Gasteiger partial charge < -0.3 is 5.32 Å². The number of aryl methyl sites for hydroxylation is 1. The Hall–Kier alpha value is -2.72. The minimum atomic E-state index is -0.106. The van der Waals surface area contributed by atoms with Crippen LogP contribution in [-0.2, 0) is 4.79 Å². The number of anilines is 1. The Bertz CT molecular complexity index is 915. The highest BCUT2D eigenvalue weighted by Crippen LogP contribution is 2.24. The Morgan fingerprint density at radius 3 is 2.61 bits per heavy atom. The largest absolute Gasteiger partial charge is 0.327 e. The molecule has 0 atom stereocenters. The summed E-state index contributed by atoms with van der Waals surface area (Å²) in [6.07, 6.45) is 8.46. The molecule has 0 radical (unpaired) electrons. The second kappa shape index (κ2) is 9.47. The van der Waals surface area contributed by atoms with Gasteiger partial charge in [0.1, 0.15) is 5.70 Å². The SMILES string of the molecule is CCCCCC(=C/c1ccccc1)/C=C1/NC(=S)N(c2cccc(C)c2)C1=O. The van der Waals surface area contributed by atoms with Crippen molar-refractivity contribution in [2.75, 3.05) is 4.90 Å². The van der Waals surface area contributed by atoms with Crippen LogP contribution >= 0.6 is 12.2 Å². The Labute approximate surface area is 172 Å². The Balaban J connectivity index is 1.88. The van der Waals surface area contributed by atoms with E-state index in [2.05, 4.69) is 30.4 Å². The summed E-state index contributed by atoms with van der Waals surface area (Å²) >= 11 is 5.44. The van der Waals surface area contributed by atoms with Gasteiger partial charge in [0.15, 0.2) is 5.11 Å². The fourth-order valence-electron chi connectivity index (χ4n) is 3.25. The molecule has 3 rings (SSSR count). The van der Waals surface area contributed by atoms with E-state index in [1.54, 1.807) is 4.90 Å². The summed E-state index contributed by atoms with van der Waals surface area (Å²) in [6, 6.07) is 18.0. The summed E-state index contributed by atoms with van der Waals surface area (Å²) in [5, 5.41) is 3.53. The third-order valence-electron chi connectivity index (χ3n) is 4.69. The smallest absolute Gasteiger partial charge is 0.281 e. The third-order valence-corrected chi connectivity index (χ3v) is 4.97. The Kier molecular flexibility index (Phi) is 6.77. The Morgan fingerprint density at radius 1 is 1.11 bits per heavy atom. The van der Waals surface area contributed by atoms with Crippen LogP contribution in [0.4, 0.5) is 5.69 Å². The number of amides is 1. The van der Waals surface area contributed by atoms with Gasteiger partial charge in [0.05, 0.1) is 5.69 Å². The molecule has 0 bridgehead atoms. The molecule has 1 heterocycles. The number of rotatable bonds is 7. The number of carbonyl (C=O) groups is 1. The van der Waals surface area contributed by atoms with Crippen molar-refractivity contribution in [3.05, 3.63) is 83.1 Å². The van der Waals surface area contributed by atoms with Crippen molar-refractivity contribution in [1.82, 2.24) is 5.32 Å². The minimum Gasteiger partial charge on any atom is -0.327 e. The molecule has 1 saturated heterocycles. The molecule has 144 valence electrons. The van der Waals surface area contributed by atoms with Crippen LogP contribution in [0.25, 0.3) is 6.08 Å². The van der Waals surface area contributed by atoms with E-state index in [0.717, 1.165) is 41.6 Å². The molecule has 0 saturated carbocycles. The van der Waals surface area contributed by atoms with E-state index in [0.29, 0.717) is 10.8 Å². The van der Waals surface area contributed by atoms with Crippen LogP contribution < -0.4 is 10.2 Å². The summed E-state index contributed by atoms with van der Waals surface area (Å²) in [5.74, 6) is -0.106. The summed E-state index contributed by atoms with van der Waals surface area (Å²) in [6.45, 7) is 4.20. The van der Waals surface area contributed by atoms with E-state index in [1.165, 1.54) is 6.42 Å². The van der Waals surface area contributed by atoms with Gasteiger partial charge in [-0.3, -0.25) is 9.69 Å². The molecule has 0 unspecified atom stereocenters. The maximum absolute atomic E-state index is 13.0. The molecule has 4 heteroatoms. The average Bonchev–Trinajstić information content (AvgIpc) is 2.96. The van der Waals surface area contributed by atoms with Crippen molar-refractivity contribution >= 4 is 35.0 Å². The van der Waals surface area contributed by atoms with E-state index in [-0.39, 0.29) is 5.91 Å². The van der Waals surface area contributed by atoms with Crippen LogP contribution in [0.5, 0.6) is 0 Å². The molecular formula is C24H26N2OS. The van der Waals surface area contributed by atoms with Gasteiger partial charge in [0.2, 0.25) is 0 Å². The molecular weight excluding hydrogens is 364 g/mol. The van der Waals surface area contributed by atoms with E-state index in [9.17, 15) is 4.79 Å². The zero-order valence-corrected chi connectivity index (χ0v) is 17.3. The van der Waals surface area contributed by atoms with Crippen molar-refractivity contribution in [1.29, 1.82) is 0 Å². The Morgan fingerprint density at radius 2 is 1.89 bits per heavy atom. The van der Waals surface area contributed by atoms with E-state index in [1.807, 2.05) is 55.5 Å². The van der Waals surface area contributed by atoms with Crippen molar-refractivity contribution in [3.8, 4) is 0 Å². The van der Waals surface area contributed by atoms with Gasteiger partial charge in [-0.15, -0.1) is 0 Å². The van der Waals surface area contributed by atoms with Gasteiger partial charge in [-0.25, -0.2) is 0 Å². The molecule has 1 amide bonds. The van der Waals surface area contributed by atoms with Gasteiger partial charge in [0, 0.05) is 0 Å². The van der Waals surface area contributed by atoms with Crippen molar-refractivity contribution < 1.29 is 4.79 Å². The predicted octanol–water partition coefficient (Wildman–Crippen LogP) is 5.76. The van der Waals surface area contributed by atoms with Gasteiger partial charge in [0.25, 0.3) is 5.91 Å². The maximum atomic E-state index is 13.0. The molecule has 1 aliphatic rings. The average molecular weight is 391 g/mol. The van der Waals surface area contributed by atoms with Gasteiger partial charge in [-0.1, -0.05) is 68.3 Å². The lowest BCUT2D eigenvalue weighted by Gasteiger charge is -2.14. The molecule has 1 N–H and O–H groups in total. The third kappa shape index (κ3) is 4.96. The lowest BCUT2D eigenvalue weighted by atomic mass is 10.0. The number of nitrogens with one attached hydrogen (secondary N) is 1. The van der Waals surface area contributed by atoms with Crippen molar-refractivity contribution in [2.24, 2.45) is 0 Å². The normalized spacial score (nSPS) is 16.0. The zero-order chi connectivity index (χ0) is 19.9. The van der Waals surface area contributed by atoms with Crippen molar-refractivity contribution in [2.45, 2.75) is 39.5 Å². The summed E-state index contributed by atoms with van der Waals surface area (Å²) in [5.41, 5.74) is 4.68. The first-order chi connectivity index (χ1) is 13.6. The van der Waals surface area contributed by atoms with E-state index < -0.39 is 0 Å². The van der Waals surface area contributed by atoms with E-state index >= 15 is 0 Å². The number of thiocarbonyl (C=S) groups is 1. The fourth-order valence-corrected chi connectivity index (χ4v) is 3.55. The van der Waals surface area contributed by atoms with Crippen LogP contribution in [0.3, 0.4) is 0 Å². The predicted molar refractivity (Wildman–Crippen MR) is 121 cm³/mol. The first kappa shape index (κ1) is 20.0. The highest BCUT2D eigenvalue weighted by Gasteiger charge is 2.32. The molecule has 28 heavy (non-hydrogen) atoms. The number of nitrogens with zero attached hydrogens (tertiary/aromatic N) is 1. The van der Waals surface area contributed by atoms with Crippen LogP contribution in [-0.4, -0.2) is 11.0 Å². The van der Waals surface area contributed by atoms with Crippen LogP contribution in [0, 0.1) is 6.92 Å². The first-order valence-electron chi connectivity index (χ1n) is 9.78. The molecule has 2 aromatic rings. The number of hydrogen-bond acceptors (Lipinski definition) is 2. The number of unbranched alkanes of at least 4 members (excludes halogenated alkanes) is 2. The lowest BCUT2D eigenvalue weighted by molar-refractivity contribution is -0.113. The number of allylic oxidation sites excluding steroid dienone is 2. The summed E-state index contributed by atoms with van der Waals surface area (Å²) in [7, 11) is 0. The number of benzene rings is 2. The first-order valence-corrected chi connectivity index (χ1v) is 10.2. The molecule has 1 aliphatic heterocycles. The van der Waals surface area contributed by atoms with Gasteiger partial charge in [-0.2, -0.15) is 0 Å². The highest BCUT2D eigenvalue weighted by atomic mass is 32.1. The maximum Gasteiger partial charge on any atom is 0.281 e. The second-order valence-electron chi connectivity index (χ2n) is 7.05. The summed E-state index contributed by atoms with van der Waals surface area (Å²) in [4.78, 5) is 14.6. The molecule has 2 aromatic carbocycles. The molecule has 0 aliphatic carbocycles. The minimum absolute atomic E-state index is 0.106. The molecule has 0 aromatic heterocycles. The topological polar surface area (TPSA) is 32.3 Å². The second-order valence-corrected chi connectivity index (χ2v) is 7.44. The summed E-state index contributed by atoms with van der Waals surface area (Å²) < 4.78 is 0. The number of carbonyl (C=O) groups excluding carboxylic acids is 1. The highest BCUT2D eigenvalue weighted by molar-refractivity contribution is 7.80. The molecule has 0 spiro atoms. The molecule has 3 nitrogen and oxygen atoms in total. The quantitative estimate of drug-likeness (QED) is 0.370. The van der Waals surface area contributed by atoms with Crippen LogP contribution in [0.15, 0.2) is 71.9 Å². The number of hydrogen-bond donors (Lipinski definition) is 1. The van der Waals surface area contributed by atoms with Crippen molar-refractivity contribution in [3.63, 3.8) is 0 Å². The van der Waals surface area contributed by atoms with Gasteiger partial charge >= 0.3 is 0 Å². The standard InChI is InChI=1S/C24H26N2OS/c1-3-4-6-13-20(16-19-11-7-5-8-12-19)17-22-23(27)26(24(28)25-22)21-14-9-10-18(2)15-21/h5,7-12,14-17H,3-4,6,13H2,1-2H3,(H,25,28)/b20-16-,22-17+. The lowest BCUT2D eigenvalue weighted by Crippen LogP contribution is -2.30. The molecule has 1 fully saturated rings. The monoisotopic (exact) mass is 390 g/mol. The zero-order valence-electron chi connectivity index (χ0n) is 16.4. The fraction of sp³-hybridized carbons (Fsp3) is 0.250. The van der Waals surface area contributed by atoms with E-state index in [4.69, 9.17) is 12.2 Å². The van der Waals surface area contributed by atoms with Crippen LogP contribution in [0.1, 0.15) is 43.7 Å². The van der Waals surface area contributed by atoms with Crippen LogP contribution in [0.2, 0.25) is 0 Å².